The fourth-order valence-electron chi connectivity index (χ4n) is 2.86. The zero-order valence-electron chi connectivity index (χ0n) is 17.0. The third-order valence-corrected chi connectivity index (χ3v) is 5.35. The summed E-state index contributed by atoms with van der Waals surface area (Å²) in [5.41, 5.74) is 1.91. The van der Waals surface area contributed by atoms with Crippen LogP contribution in [0.25, 0.3) is 10.6 Å². The van der Waals surface area contributed by atoms with Crippen molar-refractivity contribution in [2.75, 3.05) is 19.0 Å². The van der Waals surface area contributed by atoms with Crippen LogP contribution >= 0.6 is 11.3 Å². The molecule has 162 valence electrons. The Morgan fingerprint density at radius 1 is 1.16 bits per heavy atom. The van der Waals surface area contributed by atoms with Gasteiger partial charge in [-0.1, -0.05) is 41.7 Å². The number of hydrogen-bond acceptors (Lipinski definition) is 9. The summed E-state index contributed by atoms with van der Waals surface area (Å²) in [6, 6.07) is 14.4. The van der Waals surface area contributed by atoms with Gasteiger partial charge in [0.05, 0.1) is 19.3 Å². The number of nitrogens with one attached hydrogen (secondary N) is 1. The molecular weight excluding hydrogens is 430 g/mol. The summed E-state index contributed by atoms with van der Waals surface area (Å²) in [5.74, 6) is 0.0196. The van der Waals surface area contributed by atoms with E-state index in [1.807, 2.05) is 42.5 Å². The zero-order valence-corrected chi connectivity index (χ0v) is 17.8. The normalized spacial score (nSPS) is 11.6. The van der Waals surface area contributed by atoms with E-state index in [1.165, 1.54) is 30.7 Å². The minimum atomic E-state index is -0.620. The van der Waals surface area contributed by atoms with Crippen LogP contribution in [0.4, 0.5) is 5.13 Å². The lowest BCUT2D eigenvalue weighted by Crippen LogP contribution is -2.15. The Morgan fingerprint density at radius 3 is 2.66 bits per heavy atom. The van der Waals surface area contributed by atoms with E-state index in [1.54, 1.807) is 12.4 Å². The second-order valence-electron chi connectivity index (χ2n) is 6.53. The van der Waals surface area contributed by atoms with E-state index >= 15 is 0 Å². The summed E-state index contributed by atoms with van der Waals surface area (Å²) < 4.78 is 11.2. The van der Waals surface area contributed by atoms with Crippen molar-refractivity contribution in [3.63, 3.8) is 0 Å². The summed E-state index contributed by atoms with van der Waals surface area (Å²) in [7, 11) is 1.45. The van der Waals surface area contributed by atoms with Crippen molar-refractivity contribution in [1.29, 1.82) is 0 Å². The SMILES string of the molecule is COc1cc(C(=O)Nc2nnc(-c3ccncc3)s2)cnc1OC(CO)c1ccccc1. The maximum Gasteiger partial charge on any atom is 0.259 e. The molecule has 0 radical (unpaired) electrons. The molecule has 0 saturated carbocycles. The van der Waals surface area contributed by atoms with Gasteiger partial charge >= 0.3 is 0 Å². The molecule has 32 heavy (non-hydrogen) atoms. The van der Waals surface area contributed by atoms with Gasteiger partial charge < -0.3 is 14.6 Å². The minimum absolute atomic E-state index is 0.169. The van der Waals surface area contributed by atoms with Crippen molar-refractivity contribution >= 4 is 22.4 Å². The van der Waals surface area contributed by atoms with Crippen molar-refractivity contribution in [1.82, 2.24) is 20.2 Å². The predicted octanol–water partition coefficient (Wildman–Crippen LogP) is 3.37. The van der Waals surface area contributed by atoms with Crippen molar-refractivity contribution in [2.24, 2.45) is 0 Å². The number of anilines is 1. The van der Waals surface area contributed by atoms with E-state index in [4.69, 9.17) is 9.47 Å². The Kier molecular flexibility index (Phi) is 6.63. The number of aliphatic hydroxyl groups excluding tert-OH is 1. The average Bonchev–Trinajstić information content (AvgIpc) is 3.32. The highest BCUT2D eigenvalue weighted by molar-refractivity contribution is 7.18. The molecule has 1 amide bonds. The van der Waals surface area contributed by atoms with E-state index < -0.39 is 12.0 Å². The first-order valence-corrected chi connectivity index (χ1v) is 10.4. The van der Waals surface area contributed by atoms with Crippen molar-refractivity contribution < 1.29 is 19.4 Å². The number of pyridine rings is 2. The van der Waals surface area contributed by atoms with E-state index in [0.717, 1.165) is 11.1 Å². The maximum atomic E-state index is 12.7. The molecule has 4 rings (SSSR count). The number of nitrogens with zero attached hydrogens (tertiary/aromatic N) is 4. The lowest BCUT2D eigenvalue weighted by atomic mass is 10.1. The smallest absolute Gasteiger partial charge is 0.259 e. The minimum Gasteiger partial charge on any atom is -0.491 e. The van der Waals surface area contributed by atoms with Crippen LogP contribution in [0.1, 0.15) is 22.0 Å². The highest BCUT2D eigenvalue weighted by Crippen LogP contribution is 2.30. The van der Waals surface area contributed by atoms with Crippen LogP contribution in [-0.4, -0.2) is 44.9 Å². The van der Waals surface area contributed by atoms with E-state index in [-0.39, 0.29) is 23.8 Å². The van der Waals surface area contributed by atoms with Crippen LogP contribution in [0.15, 0.2) is 67.1 Å². The van der Waals surface area contributed by atoms with Gasteiger partial charge in [-0.2, -0.15) is 0 Å². The molecule has 0 fully saturated rings. The summed E-state index contributed by atoms with van der Waals surface area (Å²) >= 11 is 1.25. The molecule has 0 aliphatic heterocycles. The summed E-state index contributed by atoms with van der Waals surface area (Å²) in [5, 5.41) is 21.6. The number of rotatable bonds is 8. The molecule has 1 atom stereocenters. The fourth-order valence-corrected chi connectivity index (χ4v) is 3.60. The molecule has 0 aliphatic carbocycles. The second-order valence-corrected chi connectivity index (χ2v) is 7.51. The van der Waals surface area contributed by atoms with Gasteiger partial charge in [-0.15, -0.1) is 10.2 Å². The molecule has 0 aliphatic rings. The van der Waals surface area contributed by atoms with Crippen LogP contribution in [0.3, 0.4) is 0 Å². The largest absolute Gasteiger partial charge is 0.491 e. The lowest BCUT2D eigenvalue weighted by Gasteiger charge is -2.18. The van der Waals surface area contributed by atoms with Gasteiger partial charge in [-0.3, -0.25) is 15.1 Å². The van der Waals surface area contributed by atoms with Gasteiger partial charge in [0.25, 0.3) is 11.8 Å². The van der Waals surface area contributed by atoms with E-state index in [0.29, 0.717) is 10.1 Å². The molecule has 4 aromatic rings. The first kappa shape index (κ1) is 21.3. The Hall–Kier alpha value is -3.89. The monoisotopic (exact) mass is 449 g/mol. The lowest BCUT2D eigenvalue weighted by molar-refractivity contribution is 0.102. The number of amides is 1. The van der Waals surface area contributed by atoms with Gasteiger partial charge in [-0.05, 0) is 17.7 Å². The number of ether oxygens (including phenoxy) is 2. The topological polar surface area (TPSA) is 119 Å². The maximum absolute atomic E-state index is 12.7. The number of carbonyl (C=O) groups excluding carboxylic acids is 1. The van der Waals surface area contributed by atoms with Gasteiger partial charge in [0.15, 0.2) is 5.75 Å². The van der Waals surface area contributed by atoms with Crippen LogP contribution in [0.2, 0.25) is 0 Å². The first-order valence-electron chi connectivity index (χ1n) is 9.59. The van der Waals surface area contributed by atoms with Crippen LogP contribution < -0.4 is 14.8 Å². The van der Waals surface area contributed by atoms with Gasteiger partial charge in [0.2, 0.25) is 5.13 Å². The molecule has 0 spiro atoms. The number of carbonyl (C=O) groups is 1. The van der Waals surface area contributed by atoms with E-state index in [2.05, 4.69) is 25.5 Å². The van der Waals surface area contributed by atoms with Gasteiger partial charge in [-0.25, -0.2) is 4.98 Å². The number of aliphatic hydroxyl groups is 1. The highest BCUT2D eigenvalue weighted by atomic mass is 32.1. The number of hydrogen-bond donors (Lipinski definition) is 2. The molecule has 9 nitrogen and oxygen atoms in total. The van der Waals surface area contributed by atoms with Crippen molar-refractivity contribution in [2.45, 2.75) is 6.10 Å². The molecule has 1 aromatic carbocycles. The number of aromatic nitrogens is 4. The third kappa shape index (κ3) is 4.88. The first-order chi connectivity index (χ1) is 15.7. The predicted molar refractivity (Wildman–Crippen MR) is 119 cm³/mol. The average molecular weight is 449 g/mol. The summed E-state index contributed by atoms with van der Waals surface area (Å²) in [6.45, 7) is -0.242. The molecule has 10 heteroatoms. The second kappa shape index (κ2) is 9.94. The van der Waals surface area contributed by atoms with Crippen LogP contribution in [0.5, 0.6) is 11.6 Å². The van der Waals surface area contributed by atoms with Crippen molar-refractivity contribution in [3.8, 4) is 22.2 Å². The molecule has 1 unspecified atom stereocenters. The summed E-state index contributed by atoms with van der Waals surface area (Å²) in [4.78, 5) is 20.9. The van der Waals surface area contributed by atoms with E-state index in [9.17, 15) is 9.90 Å². The van der Waals surface area contributed by atoms with Crippen LogP contribution in [-0.2, 0) is 0 Å². The molecule has 2 N–H and O–H groups in total. The molecule has 3 heterocycles. The van der Waals surface area contributed by atoms with Gasteiger partial charge in [0, 0.05) is 30.2 Å². The zero-order chi connectivity index (χ0) is 22.3. The quantitative estimate of drug-likeness (QED) is 0.420. The molecular formula is C22H19N5O4S. The number of benzene rings is 1. The fraction of sp³-hybridized carbons (Fsp3) is 0.136. The number of methoxy groups -OCH3 is 1. The Balaban J connectivity index is 1.48. The third-order valence-electron chi connectivity index (χ3n) is 4.46. The Bertz CT molecular complexity index is 1190. The molecule has 3 aromatic heterocycles. The highest BCUT2D eigenvalue weighted by Gasteiger charge is 2.19. The Morgan fingerprint density at radius 2 is 1.94 bits per heavy atom. The summed E-state index contributed by atoms with van der Waals surface area (Å²) in [6.07, 6.45) is 4.08. The van der Waals surface area contributed by atoms with Crippen LogP contribution in [0, 0.1) is 0 Å². The molecule has 0 bridgehead atoms. The standard InChI is InChI=1S/C22H19N5O4S/c1-30-17-11-16(12-24-20(17)31-18(13-28)14-5-3-2-4-6-14)19(29)25-22-27-26-21(32-22)15-7-9-23-10-8-15/h2-12,18,28H,13H2,1H3,(H,25,27,29). The molecule has 0 saturated heterocycles. The van der Waals surface area contributed by atoms with Gasteiger partial charge in [0.1, 0.15) is 11.1 Å². The Labute approximate surface area is 187 Å². The van der Waals surface area contributed by atoms with Crippen molar-refractivity contribution in [3.05, 3.63) is 78.2 Å².